The third-order valence-corrected chi connectivity index (χ3v) is 3.80. The molecule has 100 valence electrons. The zero-order valence-corrected chi connectivity index (χ0v) is 11.2. The summed E-state index contributed by atoms with van der Waals surface area (Å²) in [5, 5.41) is 3.01. The van der Waals surface area contributed by atoms with Crippen molar-refractivity contribution in [3.63, 3.8) is 0 Å². The van der Waals surface area contributed by atoms with Crippen molar-refractivity contribution in [1.82, 2.24) is 5.32 Å². The van der Waals surface area contributed by atoms with Gasteiger partial charge in [0.25, 0.3) is 0 Å². The van der Waals surface area contributed by atoms with Crippen molar-refractivity contribution in [1.29, 1.82) is 0 Å². The van der Waals surface area contributed by atoms with Gasteiger partial charge in [-0.1, -0.05) is 12.1 Å². The highest BCUT2D eigenvalue weighted by Gasteiger charge is 2.23. The van der Waals surface area contributed by atoms with Crippen LogP contribution in [-0.4, -0.2) is 19.1 Å². The third-order valence-electron chi connectivity index (χ3n) is 3.80. The molecule has 3 heteroatoms. The van der Waals surface area contributed by atoms with Gasteiger partial charge in [0.15, 0.2) is 0 Å². The molecule has 0 spiro atoms. The van der Waals surface area contributed by atoms with E-state index in [2.05, 4.69) is 11.4 Å². The Labute approximate surface area is 113 Å². The van der Waals surface area contributed by atoms with Crippen LogP contribution >= 0.6 is 0 Å². The minimum atomic E-state index is 0.0492. The molecule has 0 unspecified atom stereocenters. The molecule has 2 aliphatic carbocycles. The van der Waals surface area contributed by atoms with Crippen molar-refractivity contribution >= 4 is 11.5 Å². The van der Waals surface area contributed by atoms with Gasteiger partial charge in [0.2, 0.25) is 5.91 Å². The summed E-state index contributed by atoms with van der Waals surface area (Å²) in [6, 6.07) is 6.49. The smallest absolute Gasteiger partial charge is 0.244 e. The van der Waals surface area contributed by atoms with Crippen molar-refractivity contribution in [3.8, 4) is 5.75 Å². The van der Waals surface area contributed by atoms with E-state index in [-0.39, 0.29) is 5.91 Å². The fraction of sp³-hybridized carbons (Fsp3) is 0.438. The summed E-state index contributed by atoms with van der Waals surface area (Å²) < 4.78 is 5.41. The van der Waals surface area contributed by atoms with E-state index in [0.717, 1.165) is 43.4 Å². The predicted molar refractivity (Wildman–Crippen MR) is 75.1 cm³/mol. The number of hydrogen-bond acceptors (Lipinski definition) is 2. The molecule has 1 saturated carbocycles. The summed E-state index contributed by atoms with van der Waals surface area (Å²) in [5.41, 5.74) is 3.55. The summed E-state index contributed by atoms with van der Waals surface area (Å²) in [6.07, 6.45) is 7.10. The van der Waals surface area contributed by atoms with Crippen LogP contribution in [-0.2, 0) is 11.2 Å². The molecular weight excluding hydrogens is 238 g/mol. The molecule has 3 rings (SSSR count). The van der Waals surface area contributed by atoms with Crippen LogP contribution in [0.2, 0.25) is 0 Å². The second kappa shape index (κ2) is 5.08. The highest BCUT2D eigenvalue weighted by atomic mass is 16.5. The summed E-state index contributed by atoms with van der Waals surface area (Å²) in [4.78, 5) is 11.9. The van der Waals surface area contributed by atoms with Gasteiger partial charge in [-0.2, -0.15) is 0 Å². The summed E-state index contributed by atoms with van der Waals surface area (Å²) >= 11 is 0. The number of rotatable bonds is 3. The van der Waals surface area contributed by atoms with E-state index < -0.39 is 0 Å². The lowest BCUT2D eigenvalue weighted by Gasteiger charge is -2.21. The first-order valence-electron chi connectivity index (χ1n) is 6.95. The van der Waals surface area contributed by atoms with E-state index in [1.165, 1.54) is 11.1 Å². The van der Waals surface area contributed by atoms with Crippen LogP contribution in [0.5, 0.6) is 5.75 Å². The highest BCUT2D eigenvalue weighted by molar-refractivity contribution is 5.96. The van der Waals surface area contributed by atoms with Gasteiger partial charge in [-0.3, -0.25) is 4.79 Å². The number of amides is 1. The molecule has 1 aromatic rings. The van der Waals surface area contributed by atoms with Gasteiger partial charge >= 0.3 is 0 Å². The average molecular weight is 257 g/mol. The van der Waals surface area contributed by atoms with Crippen molar-refractivity contribution in [3.05, 3.63) is 35.4 Å². The van der Waals surface area contributed by atoms with Gasteiger partial charge in [-0.15, -0.1) is 0 Å². The van der Waals surface area contributed by atoms with Crippen LogP contribution in [0.3, 0.4) is 0 Å². The zero-order chi connectivity index (χ0) is 13.2. The van der Waals surface area contributed by atoms with Crippen LogP contribution < -0.4 is 10.1 Å². The third kappa shape index (κ3) is 2.65. The fourth-order valence-electron chi connectivity index (χ4n) is 2.68. The van der Waals surface area contributed by atoms with Crippen molar-refractivity contribution in [2.45, 2.75) is 38.1 Å². The molecule has 1 aromatic carbocycles. The average Bonchev–Trinajstić information content (AvgIpc) is 3.22. The topological polar surface area (TPSA) is 38.3 Å². The molecule has 1 N–H and O–H groups in total. The second-order valence-corrected chi connectivity index (χ2v) is 5.29. The van der Waals surface area contributed by atoms with Gasteiger partial charge in [0.1, 0.15) is 5.75 Å². The van der Waals surface area contributed by atoms with Gasteiger partial charge in [0.05, 0.1) is 7.11 Å². The Kier molecular flexibility index (Phi) is 3.28. The molecule has 0 aromatic heterocycles. The van der Waals surface area contributed by atoms with Crippen LogP contribution in [0.1, 0.15) is 36.8 Å². The van der Waals surface area contributed by atoms with Crippen molar-refractivity contribution < 1.29 is 9.53 Å². The monoisotopic (exact) mass is 257 g/mol. The second-order valence-electron chi connectivity index (χ2n) is 5.29. The molecule has 0 atom stereocenters. The number of nitrogens with one attached hydrogen (secondary N) is 1. The van der Waals surface area contributed by atoms with Gasteiger partial charge in [0, 0.05) is 17.7 Å². The maximum atomic E-state index is 11.9. The maximum absolute atomic E-state index is 11.9. The molecule has 3 nitrogen and oxygen atoms in total. The minimum Gasteiger partial charge on any atom is -0.496 e. The van der Waals surface area contributed by atoms with E-state index >= 15 is 0 Å². The molecular formula is C16H19NO2. The van der Waals surface area contributed by atoms with Crippen molar-refractivity contribution in [2.24, 2.45) is 0 Å². The molecule has 0 saturated heterocycles. The number of methoxy groups -OCH3 is 1. The summed E-state index contributed by atoms with van der Waals surface area (Å²) in [6.45, 7) is 0. The number of benzene rings is 1. The molecule has 0 bridgehead atoms. The summed E-state index contributed by atoms with van der Waals surface area (Å²) in [5.74, 6) is 0.985. The SMILES string of the molecule is COc1cccc2c1CCCC2=CC(=O)NC1CC1. The fourth-order valence-corrected chi connectivity index (χ4v) is 2.68. The molecule has 2 aliphatic rings. The van der Waals surface area contributed by atoms with E-state index in [9.17, 15) is 4.79 Å². The molecule has 0 heterocycles. The van der Waals surface area contributed by atoms with Crippen molar-refractivity contribution in [2.75, 3.05) is 7.11 Å². The number of fused-ring (bicyclic) bond motifs is 1. The Morgan fingerprint density at radius 2 is 2.21 bits per heavy atom. The first kappa shape index (κ1) is 12.3. The first-order valence-corrected chi connectivity index (χ1v) is 6.95. The molecule has 1 fully saturated rings. The number of allylic oxidation sites excluding steroid dienone is 1. The number of ether oxygens (including phenoxy) is 1. The van der Waals surface area contributed by atoms with Crippen LogP contribution in [0.15, 0.2) is 24.3 Å². The normalized spacial score (nSPS) is 19.9. The van der Waals surface area contributed by atoms with E-state index in [1.807, 2.05) is 12.1 Å². The standard InChI is InChI=1S/C16H19NO2/c1-19-15-7-3-5-13-11(4-2-6-14(13)15)10-16(18)17-12-8-9-12/h3,5,7,10,12H,2,4,6,8-9H2,1H3,(H,17,18). The van der Waals surface area contributed by atoms with Crippen LogP contribution in [0.4, 0.5) is 0 Å². The number of carbonyl (C=O) groups is 1. The molecule has 0 radical (unpaired) electrons. The van der Waals surface area contributed by atoms with Gasteiger partial charge in [-0.25, -0.2) is 0 Å². The number of carbonyl (C=O) groups excluding carboxylic acids is 1. The minimum absolute atomic E-state index is 0.0492. The highest BCUT2D eigenvalue weighted by Crippen LogP contribution is 2.35. The molecule has 1 amide bonds. The molecule has 19 heavy (non-hydrogen) atoms. The summed E-state index contributed by atoms with van der Waals surface area (Å²) in [7, 11) is 1.70. The Hall–Kier alpha value is -1.77. The first-order chi connectivity index (χ1) is 9.28. The number of hydrogen-bond donors (Lipinski definition) is 1. The Bertz CT molecular complexity index is 530. The van der Waals surface area contributed by atoms with Crippen LogP contribution in [0.25, 0.3) is 5.57 Å². The lowest BCUT2D eigenvalue weighted by Crippen LogP contribution is -2.23. The predicted octanol–water partition coefficient (Wildman–Crippen LogP) is 2.69. The van der Waals surface area contributed by atoms with Crippen LogP contribution in [0, 0.1) is 0 Å². The molecule has 0 aliphatic heterocycles. The largest absolute Gasteiger partial charge is 0.496 e. The Morgan fingerprint density at radius 1 is 1.37 bits per heavy atom. The van der Waals surface area contributed by atoms with E-state index in [4.69, 9.17) is 4.74 Å². The van der Waals surface area contributed by atoms with Gasteiger partial charge in [-0.05, 0) is 49.3 Å². The Balaban J connectivity index is 1.88. The maximum Gasteiger partial charge on any atom is 0.244 e. The van der Waals surface area contributed by atoms with Gasteiger partial charge < -0.3 is 10.1 Å². The Morgan fingerprint density at radius 3 is 2.95 bits per heavy atom. The lowest BCUT2D eigenvalue weighted by atomic mass is 9.86. The quantitative estimate of drug-likeness (QED) is 0.845. The van der Waals surface area contributed by atoms with E-state index in [1.54, 1.807) is 13.2 Å². The zero-order valence-electron chi connectivity index (χ0n) is 11.2. The lowest BCUT2D eigenvalue weighted by molar-refractivity contribution is -0.116. The van der Waals surface area contributed by atoms with E-state index in [0.29, 0.717) is 6.04 Å².